The van der Waals surface area contributed by atoms with Gasteiger partial charge >= 0.3 is 0 Å². The van der Waals surface area contributed by atoms with Crippen LogP contribution in [0.2, 0.25) is 0 Å². The minimum Gasteiger partial charge on any atom is -0.326 e. The molecule has 5 nitrogen and oxygen atoms in total. The molecule has 1 aromatic heterocycles. The Balaban J connectivity index is 3.01. The zero-order valence-corrected chi connectivity index (χ0v) is 13.6. The molecule has 0 saturated heterocycles. The molecular formula is C12H23N3O2S2. The van der Waals surface area contributed by atoms with E-state index in [9.17, 15) is 8.42 Å². The Labute approximate surface area is 120 Å². The number of hydrogen-bond acceptors (Lipinski definition) is 5. The maximum absolute atomic E-state index is 12.6. The van der Waals surface area contributed by atoms with E-state index in [1.54, 1.807) is 16.4 Å². The number of likely N-dealkylation sites (N-methyl/N-ethyl adjacent to an activating group) is 2. The van der Waals surface area contributed by atoms with Crippen LogP contribution in [0.25, 0.3) is 0 Å². The summed E-state index contributed by atoms with van der Waals surface area (Å²) in [6.45, 7) is 5.33. The quantitative estimate of drug-likeness (QED) is 0.821. The molecule has 2 N–H and O–H groups in total. The van der Waals surface area contributed by atoms with Gasteiger partial charge in [-0.3, -0.25) is 0 Å². The number of thiophene rings is 1. The Bertz CT molecular complexity index is 497. The van der Waals surface area contributed by atoms with Crippen molar-refractivity contribution in [2.75, 3.05) is 27.2 Å². The maximum atomic E-state index is 12.6. The Kier molecular flexibility index (Phi) is 5.94. The summed E-state index contributed by atoms with van der Waals surface area (Å²) in [6, 6.07) is 3.36. The van der Waals surface area contributed by atoms with Gasteiger partial charge in [0, 0.05) is 30.6 Å². The molecule has 0 aromatic carbocycles. The highest BCUT2D eigenvalue weighted by Gasteiger charge is 2.29. The molecule has 1 unspecified atom stereocenters. The van der Waals surface area contributed by atoms with Gasteiger partial charge in [0.1, 0.15) is 4.21 Å². The van der Waals surface area contributed by atoms with Crippen LogP contribution in [0, 0.1) is 0 Å². The van der Waals surface area contributed by atoms with Crippen molar-refractivity contribution in [2.24, 2.45) is 5.73 Å². The third-order valence-electron chi connectivity index (χ3n) is 2.83. The molecule has 0 radical (unpaired) electrons. The van der Waals surface area contributed by atoms with Crippen LogP contribution in [0.3, 0.4) is 0 Å². The summed E-state index contributed by atoms with van der Waals surface area (Å²) >= 11 is 1.25. The maximum Gasteiger partial charge on any atom is 0.252 e. The number of rotatable bonds is 7. The smallest absolute Gasteiger partial charge is 0.252 e. The lowest BCUT2D eigenvalue weighted by Crippen LogP contribution is -2.43. The Hall–Kier alpha value is -0.470. The largest absolute Gasteiger partial charge is 0.326 e. The Morgan fingerprint density at radius 3 is 2.42 bits per heavy atom. The minimum absolute atomic E-state index is 0.0616. The van der Waals surface area contributed by atoms with Gasteiger partial charge in [0.25, 0.3) is 10.0 Å². The van der Waals surface area contributed by atoms with Crippen LogP contribution >= 0.6 is 11.3 Å². The van der Waals surface area contributed by atoms with Crippen molar-refractivity contribution in [3.8, 4) is 0 Å². The Morgan fingerprint density at radius 1 is 1.37 bits per heavy atom. The molecule has 0 aliphatic carbocycles. The van der Waals surface area contributed by atoms with E-state index < -0.39 is 10.0 Å². The molecule has 19 heavy (non-hydrogen) atoms. The fraction of sp³-hybridized carbons (Fsp3) is 0.667. The van der Waals surface area contributed by atoms with Gasteiger partial charge < -0.3 is 10.6 Å². The third kappa shape index (κ3) is 4.00. The first kappa shape index (κ1) is 16.6. The van der Waals surface area contributed by atoms with Crippen LogP contribution in [0.1, 0.15) is 18.7 Å². The highest BCUT2D eigenvalue weighted by atomic mass is 32.2. The predicted octanol–water partition coefficient (Wildman–Crippen LogP) is 1.17. The number of nitrogens with two attached hydrogens (primary N) is 1. The second-order valence-electron chi connectivity index (χ2n) is 4.74. The van der Waals surface area contributed by atoms with Crippen LogP contribution in [-0.2, 0) is 16.6 Å². The zero-order chi connectivity index (χ0) is 14.6. The molecule has 0 amide bonds. The second-order valence-corrected chi connectivity index (χ2v) is 8.03. The summed E-state index contributed by atoms with van der Waals surface area (Å²) in [5.41, 5.74) is 5.54. The molecular weight excluding hydrogens is 282 g/mol. The average molecular weight is 305 g/mol. The van der Waals surface area contributed by atoms with Gasteiger partial charge in [-0.2, -0.15) is 4.31 Å². The van der Waals surface area contributed by atoms with E-state index in [-0.39, 0.29) is 6.04 Å². The fourth-order valence-electron chi connectivity index (χ4n) is 2.06. The molecule has 1 rings (SSSR count). The molecule has 0 fully saturated rings. The topological polar surface area (TPSA) is 66.6 Å². The van der Waals surface area contributed by atoms with Crippen LogP contribution < -0.4 is 5.73 Å². The summed E-state index contributed by atoms with van der Waals surface area (Å²) in [5.74, 6) is 0. The van der Waals surface area contributed by atoms with E-state index in [4.69, 9.17) is 5.73 Å². The predicted molar refractivity (Wildman–Crippen MR) is 79.8 cm³/mol. The van der Waals surface area contributed by atoms with Crippen molar-refractivity contribution in [2.45, 2.75) is 30.6 Å². The summed E-state index contributed by atoms with van der Waals surface area (Å²) in [4.78, 5) is 2.87. The number of nitrogens with zero attached hydrogens (tertiary/aromatic N) is 2. The lowest BCUT2D eigenvalue weighted by Gasteiger charge is -2.28. The zero-order valence-electron chi connectivity index (χ0n) is 12.0. The molecule has 1 atom stereocenters. The number of sulfonamides is 1. The van der Waals surface area contributed by atoms with E-state index in [0.29, 0.717) is 23.8 Å². The lowest BCUT2D eigenvalue weighted by atomic mass is 10.3. The normalized spacial score (nSPS) is 14.3. The van der Waals surface area contributed by atoms with E-state index in [0.717, 1.165) is 4.88 Å². The highest BCUT2D eigenvalue weighted by Crippen LogP contribution is 2.25. The minimum atomic E-state index is -3.42. The van der Waals surface area contributed by atoms with Gasteiger partial charge in [0.05, 0.1) is 0 Å². The first-order chi connectivity index (χ1) is 8.82. The average Bonchev–Trinajstić information content (AvgIpc) is 2.77. The van der Waals surface area contributed by atoms with E-state index in [2.05, 4.69) is 0 Å². The summed E-state index contributed by atoms with van der Waals surface area (Å²) < 4.78 is 27.1. The molecule has 1 heterocycles. The van der Waals surface area contributed by atoms with Gasteiger partial charge in [0.15, 0.2) is 0 Å². The monoisotopic (exact) mass is 305 g/mol. The summed E-state index contributed by atoms with van der Waals surface area (Å²) in [6.07, 6.45) is 0. The van der Waals surface area contributed by atoms with E-state index in [1.807, 2.05) is 32.8 Å². The Morgan fingerprint density at radius 2 is 2.00 bits per heavy atom. The third-order valence-corrected chi connectivity index (χ3v) is 6.50. The van der Waals surface area contributed by atoms with Gasteiger partial charge in [-0.25, -0.2) is 8.42 Å². The molecule has 0 bridgehead atoms. The van der Waals surface area contributed by atoms with Gasteiger partial charge in [0.2, 0.25) is 0 Å². The standard InChI is InChI=1S/C12H23N3O2S2/c1-5-15(10(2)9-14(3)4)19(16,17)12-7-6-11(8-13)18-12/h6-7,10H,5,8-9,13H2,1-4H3. The van der Waals surface area contributed by atoms with Gasteiger partial charge in [-0.15, -0.1) is 11.3 Å². The van der Waals surface area contributed by atoms with E-state index in [1.165, 1.54) is 11.3 Å². The van der Waals surface area contributed by atoms with Crippen molar-refractivity contribution in [3.63, 3.8) is 0 Å². The van der Waals surface area contributed by atoms with Crippen LogP contribution in [0.4, 0.5) is 0 Å². The summed E-state index contributed by atoms with van der Waals surface area (Å²) in [5, 5.41) is 0. The molecule has 0 aliphatic rings. The van der Waals surface area contributed by atoms with E-state index >= 15 is 0 Å². The second kappa shape index (κ2) is 6.81. The number of hydrogen-bond donors (Lipinski definition) is 1. The molecule has 0 aliphatic heterocycles. The van der Waals surface area contributed by atoms with Gasteiger partial charge in [-0.1, -0.05) is 6.92 Å². The highest BCUT2D eigenvalue weighted by molar-refractivity contribution is 7.91. The summed E-state index contributed by atoms with van der Waals surface area (Å²) in [7, 11) is 0.463. The lowest BCUT2D eigenvalue weighted by molar-refractivity contribution is 0.272. The van der Waals surface area contributed by atoms with Gasteiger partial charge in [-0.05, 0) is 33.2 Å². The fourth-order valence-corrected chi connectivity index (χ4v) is 5.06. The molecule has 110 valence electrons. The van der Waals surface area contributed by atoms with Crippen molar-refractivity contribution in [1.82, 2.24) is 9.21 Å². The molecule has 0 spiro atoms. The van der Waals surface area contributed by atoms with Crippen molar-refractivity contribution >= 4 is 21.4 Å². The van der Waals surface area contributed by atoms with Crippen molar-refractivity contribution in [3.05, 3.63) is 17.0 Å². The molecule has 0 saturated carbocycles. The van der Waals surface area contributed by atoms with Crippen molar-refractivity contribution in [1.29, 1.82) is 0 Å². The first-order valence-corrected chi connectivity index (χ1v) is 8.54. The van der Waals surface area contributed by atoms with Crippen molar-refractivity contribution < 1.29 is 8.42 Å². The molecule has 1 aromatic rings. The first-order valence-electron chi connectivity index (χ1n) is 6.28. The van der Waals surface area contributed by atoms with Crippen LogP contribution in [0.5, 0.6) is 0 Å². The SMILES string of the molecule is CCN(C(C)CN(C)C)S(=O)(=O)c1ccc(CN)s1. The van der Waals surface area contributed by atoms with Crippen LogP contribution in [0.15, 0.2) is 16.3 Å². The van der Waals surface area contributed by atoms with Crippen LogP contribution in [-0.4, -0.2) is 50.8 Å². The molecule has 7 heteroatoms.